The topological polar surface area (TPSA) is 33.3 Å². The van der Waals surface area contributed by atoms with Crippen molar-refractivity contribution >= 4 is 0 Å². The van der Waals surface area contributed by atoms with Gasteiger partial charge in [0.2, 0.25) is 0 Å². The summed E-state index contributed by atoms with van der Waals surface area (Å²) in [7, 11) is 0. The first-order chi connectivity index (χ1) is 9.08. The second-order valence-corrected chi connectivity index (χ2v) is 5.54. The third-order valence-corrected chi connectivity index (χ3v) is 2.84. The molecule has 0 aliphatic heterocycles. The van der Waals surface area contributed by atoms with Gasteiger partial charge in [-0.1, -0.05) is 58.0 Å². The highest BCUT2D eigenvalue weighted by Crippen LogP contribution is 2.03. The highest BCUT2D eigenvalue weighted by atomic mass is 16.5. The molecule has 0 aliphatic carbocycles. The molecule has 0 saturated carbocycles. The van der Waals surface area contributed by atoms with Crippen LogP contribution in [0.1, 0.15) is 33.3 Å². The number of ether oxygens (including phenoxy) is 1. The summed E-state index contributed by atoms with van der Waals surface area (Å²) in [5, 5.41) is 6.88. The van der Waals surface area contributed by atoms with Crippen LogP contribution in [0.25, 0.3) is 0 Å². The maximum absolute atomic E-state index is 6.00. The summed E-state index contributed by atoms with van der Waals surface area (Å²) in [6.45, 7) is 11.1. The first-order valence-corrected chi connectivity index (χ1v) is 7.20. The van der Waals surface area contributed by atoms with Gasteiger partial charge >= 0.3 is 0 Å². The Balaban J connectivity index is 2.38. The molecular weight excluding hydrogens is 236 g/mol. The number of nitrogens with one attached hydrogen (secondary N) is 2. The number of hydrogen-bond acceptors (Lipinski definition) is 3. The van der Waals surface area contributed by atoms with Crippen molar-refractivity contribution in [2.45, 2.75) is 52.5 Å². The minimum absolute atomic E-state index is 0.199. The van der Waals surface area contributed by atoms with Gasteiger partial charge in [0.1, 0.15) is 0 Å². The first kappa shape index (κ1) is 16.2. The molecule has 0 unspecified atom stereocenters. The van der Waals surface area contributed by atoms with Gasteiger partial charge in [0.15, 0.2) is 0 Å². The van der Waals surface area contributed by atoms with Crippen LogP contribution in [0.4, 0.5) is 0 Å². The van der Waals surface area contributed by atoms with Gasteiger partial charge in [-0.25, -0.2) is 0 Å². The van der Waals surface area contributed by atoms with Crippen LogP contribution >= 0.6 is 0 Å². The van der Waals surface area contributed by atoms with E-state index in [0.717, 1.165) is 13.1 Å². The summed E-state index contributed by atoms with van der Waals surface area (Å²) in [5.41, 5.74) is 1.22. The lowest BCUT2D eigenvalue weighted by Gasteiger charge is -2.22. The standard InChI is InChI=1S/C16H28N2O/c1-13(2)17-10-16(11-18-14(3)4)19-12-15-8-6-5-7-9-15/h5-9,13-14,16-18H,10-12H2,1-4H3. The van der Waals surface area contributed by atoms with E-state index >= 15 is 0 Å². The second-order valence-electron chi connectivity index (χ2n) is 5.54. The molecule has 0 spiro atoms. The Morgan fingerprint density at radius 1 is 0.895 bits per heavy atom. The zero-order valence-electron chi connectivity index (χ0n) is 12.6. The summed E-state index contributed by atoms with van der Waals surface area (Å²) in [6.07, 6.45) is 0.199. The molecule has 0 aromatic heterocycles. The van der Waals surface area contributed by atoms with Gasteiger partial charge in [0.05, 0.1) is 12.7 Å². The van der Waals surface area contributed by atoms with Crippen molar-refractivity contribution in [1.29, 1.82) is 0 Å². The molecule has 0 saturated heterocycles. The van der Waals surface area contributed by atoms with Crippen LogP contribution in [0.3, 0.4) is 0 Å². The Kier molecular flexibility index (Phi) is 7.72. The van der Waals surface area contributed by atoms with Crippen LogP contribution in [0.15, 0.2) is 30.3 Å². The second kappa shape index (κ2) is 9.08. The van der Waals surface area contributed by atoms with Crippen molar-refractivity contribution < 1.29 is 4.74 Å². The summed E-state index contributed by atoms with van der Waals surface area (Å²) in [6, 6.07) is 11.3. The zero-order chi connectivity index (χ0) is 14.1. The fraction of sp³-hybridized carbons (Fsp3) is 0.625. The fourth-order valence-corrected chi connectivity index (χ4v) is 1.71. The molecule has 108 valence electrons. The molecule has 2 N–H and O–H groups in total. The van der Waals surface area contributed by atoms with Crippen molar-refractivity contribution in [1.82, 2.24) is 10.6 Å². The molecule has 0 bridgehead atoms. The van der Waals surface area contributed by atoms with Gasteiger partial charge < -0.3 is 15.4 Å². The molecule has 0 radical (unpaired) electrons. The number of rotatable bonds is 9. The smallest absolute Gasteiger partial charge is 0.0828 e. The van der Waals surface area contributed by atoms with E-state index in [9.17, 15) is 0 Å². The SMILES string of the molecule is CC(C)NCC(CNC(C)C)OCc1ccccc1. The Morgan fingerprint density at radius 2 is 1.42 bits per heavy atom. The molecule has 0 amide bonds. The van der Waals surface area contributed by atoms with Crippen LogP contribution in [0.5, 0.6) is 0 Å². The average Bonchev–Trinajstić information content (AvgIpc) is 2.38. The third-order valence-electron chi connectivity index (χ3n) is 2.84. The van der Waals surface area contributed by atoms with E-state index < -0.39 is 0 Å². The molecule has 19 heavy (non-hydrogen) atoms. The van der Waals surface area contributed by atoms with Gasteiger partial charge in [-0.2, -0.15) is 0 Å². The maximum Gasteiger partial charge on any atom is 0.0828 e. The summed E-state index contributed by atoms with van der Waals surface area (Å²) in [5.74, 6) is 0. The van der Waals surface area contributed by atoms with E-state index in [0.29, 0.717) is 18.7 Å². The van der Waals surface area contributed by atoms with Crippen molar-refractivity contribution in [2.75, 3.05) is 13.1 Å². The van der Waals surface area contributed by atoms with Crippen LogP contribution in [0, 0.1) is 0 Å². The van der Waals surface area contributed by atoms with Gasteiger partial charge in [-0.3, -0.25) is 0 Å². The van der Waals surface area contributed by atoms with Crippen LogP contribution < -0.4 is 10.6 Å². The molecule has 1 aromatic carbocycles. The molecule has 1 rings (SSSR count). The van der Waals surface area contributed by atoms with E-state index in [4.69, 9.17) is 4.74 Å². The quantitative estimate of drug-likeness (QED) is 0.719. The van der Waals surface area contributed by atoms with E-state index in [-0.39, 0.29) is 6.10 Å². The van der Waals surface area contributed by atoms with Crippen molar-refractivity contribution in [3.63, 3.8) is 0 Å². The van der Waals surface area contributed by atoms with Gasteiger partial charge in [0, 0.05) is 25.2 Å². The Bertz CT molecular complexity index is 313. The van der Waals surface area contributed by atoms with E-state index in [2.05, 4.69) is 50.5 Å². The lowest BCUT2D eigenvalue weighted by atomic mass is 10.2. The molecular formula is C16H28N2O. The molecule has 0 atom stereocenters. The van der Waals surface area contributed by atoms with Crippen molar-refractivity contribution in [3.05, 3.63) is 35.9 Å². The van der Waals surface area contributed by atoms with Gasteiger partial charge in [0.25, 0.3) is 0 Å². The lowest BCUT2D eigenvalue weighted by Crippen LogP contribution is -2.41. The predicted octanol–water partition coefficient (Wildman–Crippen LogP) is 2.57. The first-order valence-electron chi connectivity index (χ1n) is 7.20. The summed E-state index contributed by atoms with van der Waals surface area (Å²) >= 11 is 0. The largest absolute Gasteiger partial charge is 0.371 e. The fourth-order valence-electron chi connectivity index (χ4n) is 1.71. The maximum atomic E-state index is 6.00. The van der Waals surface area contributed by atoms with Crippen LogP contribution in [-0.2, 0) is 11.3 Å². The van der Waals surface area contributed by atoms with Crippen molar-refractivity contribution in [3.8, 4) is 0 Å². The zero-order valence-corrected chi connectivity index (χ0v) is 12.6. The van der Waals surface area contributed by atoms with E-state index in [1.807, 2.05) is 18.2 Å². The minimum Gasteiger partial charge on any atom is -0.371 e. The number of benzene rings is 1. The number of hydrogen-bond donors (Lipinski definition) is 2. The molecule has 0 fully saturated rings. The summed E-state index contributed by atoms with van der Waals surface area (Å²) in [4.78, 5) is 0. The Morgan fingerprint density at radius 3 is 1.89 bits per heavy atom. The molecule has 0 aliphatic rings. The highest BCUT2D eigenvalue weighted by molar-refractivity contribution is 5.13. The van der Waals surface area contributed by atoms with Crippen LogP contribution in [0.2, 0.25) is 0 Å². The highest BCUT2D eigenvalue weighted by Gasteiger charge is 2.10. The minimum atomic E-state index is 0.199. The van der Waals surface area contributed by atoms with E-state index in [1.54, 1.807) is 0 Å². The normalized spacial score (nSPS) is 11.7. The average molecular weight is 264 g/mol. The molecule has 3 heteroatoms. The molecule has 1 aromatic rings. The third kappa shape index (κ3) is 7.98. The lowest BCUT2D eigenvalue weighted by molar-refractivity contribution is 0.0386. The molecule has 3 nitrogen and oxygen atoms in total. The Hall–Kier alpha value is -0.900. The Labute approximate surface area is 117 Å². The molecule has 0 heterocycles. The summed E-state index contributed by atoms with van der Waals surface area (Å²) < 4.78 is 6.00. The van der Waals surface area contributed by atoms with Gasteiger partial charge in [-0.15, -0.1) is 0 Å². The van der Waals surface area contributed by atoms with E-state index in [1.165, 1.54) is 5.56 Å². The van der Waals surface area contributed by atoms with Crippen molar-refractivity contribution in [2.24, 2.45) is 0 Å². The predicted molar refractivity (Wildman–Crippen MR) is 81.3 cm³/mol. The monoisotopic (exact) mass is 264 g/mol. The van der Waals surface area contributed by atoms with Crippen LogP contribution in [-0.4, -0.2) is 31.3 Å². The van der Waals surface area contributed by atoms with Gasteiger partial charge in [-0.05, 0) is 5.56 Å².